The molecule has 1 rings (SSSR count). The van der Waals surface area contributed by atoms with Gasteiger partial charge in [0.15, 0.2) is 0 Å². The van der Waals surface area contributed by atoms with E-state index in [9.17, 15) is 14.3 Å². The first-order chi connectivity index (χ1) is 7.15. The molecule has 0 aliphatic heterocycles. The number of hydrogen-bond donors (Lipinski definition) is 0. The molecule has 1 aromatic rings. The number of rotatable bonds is 4. The maximum atomic E-state index is 11.5. The molecule has 1 aromatic carbocycles. The summed E-state index contributed by atoms with van der Waals surface area (Å²) in [6, 6.07) is 5.65. The van der Waals surface area contributed by atoms with Crippen LogP contribution in [0.15, 0.2) is 29.2 Å². The number of nitro groups is 1. The molecule has 0 saturated carbocycles. The summed E-state index contributed by atoms with van der Waals surface area (Å²) in [5.74, 6) is 2.78. The minimum atomic E-state index is -1.17. The summed E-state index contributed by atoms with van der Waals surface area (Å²) >= 11 is 0. The zero-order valence-corrected chi connectivity index (χ0v) is 8.70. The van der Waals surface area contributed by atoms with E-state index in [4.69, 9.17) is 6.42 Å². The number of non-ortho nitro benzene ring substituents is 1. The van der Waals surface area contributed by atoms with E-state index in [2.05, 4.69) is 5.92 Å². The van der Waals surface area contributed by atoms with Crippen molar-refractivity contribution in [3.8, 4) is 12.3 Å². The van der Waals surface area contributed by atoms with Gasteiger partial charge in [-0.1, -0.05) is 0 Å². The zero-order chi connectivity index (χ0) is 11.3. The number of hydrogen-bond acceptors (Lipinski definition) is 3. The second kappa shape index (κ2) is 5.27. The van der Waals surface area contributed by atoms with E-state index in [1.807, 2.05) is 0 Å². The van der Waals surface area contributed by atoms with Crippen LogP contribution in [0.2, 0.25) is 0 Å². The highest BCUT2D eigenvalue weighted by molar-refractivity contribution is 7.85. The fourth-order valence-corrected chi connectivity index (χ4v) is 1.97. The molecule has 0 amide bonds. The van der Waals surface area contributed by atoms with Crippen LogP contribution in [0.5, 0.6) is 0 Å². The van der Waals surface area contributed by atoms with Crippen molar-refractivity contribution in [2.24, 2.45) is 0 Å². The summed E-state index contributed by atoms with van der Waals surface area (Å²) < 4.78 is 11.5. The van der Waals surface area contributed by atoms with E-state index in [-0.39, 0.29) is 5.69 Å². The van der Waals surface area contributed by atoms with Gasteiger partial charge >= 0.3 is 0 Å². The van der Waals surface area contributed by atoms with E-state index in [0.29, 0.717) is 17.1 Å². The Morgan fingerprint density at radius 1 is 1.40 bits per heavy atom. The van der Waals surface area contributed by atoms with Crippen molar-refractivity contribution in [2.45, 2.75) is 11.3 Å². The number of nitrogens with zero attached hydrogens (tertiary/aromatic N) is 1. The lowest BCUT2D eigenvalue weighted by atomic mass is 10.3. The Morgan fingerprint density at radius 3 is 2.47 bits per heavy atom. The predicted octanol–water partition coefficient (Wildman–Crippen LogP) is 1.73. The van der Waals surface area contributed by atoms with Gasteiger partial charge in [-0.25, -0.2) is 0 Å². The van der Waals surface area contributed by atoms with Crippen molar-refractivity contribution >= 4 is 16.5 Å². The lowest BCUT2D eigenvalue weighted by Crippen LogP contribution is -1.97. The van der Waals surface area contributed by atoms with E-state index < -0.39 is 15.7 Å². The average Bonchev–Trinajstić information content (AvgIpc) is 2.26. The maximum absolute atomic E-state index is 11.5. The van der Waals surface area contributed by atoms with Crippen molar-refractivity contribution in [2.75, 3.05) is 5.75 Å². The lowest BCUT2D eigenvalue weighted by molar-refractivity contribution is -0.384. The highest BCUT2D eigenvalue weighted by Crippen LogP contribution is 2.14. The lowest BCUT2D eigenvalue weighted by Gasteiger charge is -1.98. The van der Waals surface area contributed by atoms with Gasteiger partial charge in [0, 0.05) is 29.2 Å². The molecule has 15 heavy (non-hydrogen) atoms. The van der Waals surface area contributed by atoms with Gasteiger partial charge in [-0.3, -0.25) is 14.3 Å². The molecule has 1 unspecified atom stereocenters. The van der Waals surface area contributed by atoms with Crippen molar-refractivity contribution in [3.05, 3.63) is 34.4 Å². The zero-order valence-electron chi connectivity index (χ0n) is 7.88. The quantitative estimate of drug-likeness (QED) is 0.443. The molecule has 0 aromatic heterocycles. The normalized spacial score (nSPS) is 11.7. The van der Waals surface area contributed by atoms with Crippen molar-refractivity contribution in [1.82, 2.24) is 0 Å². The van der Waals surface area contributed by atoms with E-state index >= 15 is 0 Å². The average molecular weight is 223 g/mol. The van der Waals surface area contributed by atoms with Crippen molar-refractivity contribution in [3.63, 3.8) is 0 Å². The topological polar surface area (TPSA) is 60.2 Å². The predicted molar refractivity (Wildman–Crippen MR) is 57.8 cm³/mol. The molecule has 5 heteroatoms. The third-order valence-electron chi connectivity index (χ3n) is 1.74. The molecule has 0 radical (unpaired) electrons. The van der Waals surface area contributed by atoms with Gasteiger partial charge in [0.25, 0.3) is 5.69 Å². The fraction of sp³-hybridized carbons (Fsp3) is 0.200. The second-order valence-electron chi connectivity index (χ2n) is 2.75. The molecule has 1 atom stereocenters. The molecule has 0 aliphatic rings. The summed E-state index contributed by atoms with van der Waals surface area (Å²) in [6.45, 7) is 0. The van der Waals surface area contributed by atoms with Crippen LogP contribution < -0.4 is 0 Å². The summed E-state index contributed by atoms with van der Waals surface area (Å²) in [4.78, 5) is 10.4. The van der Waals surface area contributed by atoms with Gasteiger partial charge in [-0.15, -0.1) is 12.3 Å². The SMILES string of the molecule is C#CCCS(=O)c1ccc([N+](=O)[O-])cc1. The van der Waals surface area contributed by atoms with Crippen molar-refractivity contribution < 1.29 is 9.13 Å². The summed E-state index contributed by atoms with van der Waals surface area (Å²) in [5.41, 5.74) is -0.00676. The molecule has 0 heterocycles. The second-order valence-corrected chi connectivity index (χ2v) is 4.33. The highest BCUT2D eigenvalue weighted by Gasteiger charge is 2.07. The van der Waals surface area contributed by atoms with Gasteiger partial charge in [-0.05, 0) is 12.1 Å². The number of benzene rings is 1. The van der Waals surface area contributed by atoms with Crippen LogP contribution in [0.3, 0.4) is 0 Å². The summed E-state index contributed by atoms with van der Waals surface area (Å²) in [6.07, 6.45) is 5.48. The van der Waals surface area contributed by atoms with Crippen LogP contribution in [0, 0.1) is 22.5 Å². The van der Waals surface area contributed by atoms with Crippen LogP contribution in [-0.4, -0.2) is 14.9 Å². The Hall–Kier alpha value is -1.67. The Morgan fingerprint density at radius 2 is 2.00 bits per heavy atom. The first kappa shape index (κ1) is 11.4. The highest BCUT2D eigenvalue weighted by atomic mass is 32.2. The largest absolute Gasteiger partial charge is 0.269 e. The van der Waals surface area contributed by atoms with Gasteiger partial charge < -0.3 is 0 Å². The molecule has 0 fully saturated rings. The Balaban J connectivity index is 2.76. The van der Waals surface area contributed by atoms with Gasteiger partial charge in [0.05, 0.1) is 15.7 Å². The van der Waals surface area contributed by atoms with E-state index in [1.165, 1.54) is 24.3 Å². The summed E-state index contributed by atoms with van der Waals surface area (Å²) in [5, 5.41) is 10.4. The fourth-order valence-electron chi connectivity index (χ4n) is 0.989. The van der Waals surface area contributed by atoms with Crippen LogP contribution >= 0.6 is 0 Å². The maximum Gasteiger partial charge on any atom is 0.269 e. The van der Waals surface area contributed by atoms with Crippen LogP contribution in [-0.2, 0) is 10.8 Å². The number of nitro benzene ring substituents is 1. The molecule has 0 N–H and O–H groups in total. The third-order valence-corrected chi connectivity index (χ3v) is 3.12. The minimum absolute atomic E-state index is 0.00676. The molecular formula is C10H9NO3S. The minimum Gasteiger partial charge on any atom is -0.258 e. The Kier molecular flexibility index (Phi) is 4.01. The summed E-state index contributed by atoms with van der Waals surface area (Å²) in [7, 11) is -1.17. The molecule has 0 bridgehead atoms. The number of terminal acetylenes is 1. The molecule has 4 nitrogen and oxygen atoms in total. The van der Waals surface area contributed by atoms with E-state index in [1.54, 1.807) is 0 Å². The molecule has 0 saturated heterocycles. The van der Waals surface area contributed by atoms with Gasteiger partial charge in [0.1, 0.15) is 0 Å². The molecular weight excluding hydrogens is 214 g/mol. The first-order valence-corrected chi connectivity index (χ1v) is 5.53. The molecule has 0 aliphatic carbocycles. The van der Waals surface area contributed by atoms with Gasteiger partial charge in [0.2, 0.25) is 0 Å². The Labute approximate surface area is 89.9 Å². The first-order valence-electron chi connectivity index (χ1n) is 4.21. The van der Waals surface area contributed by atoms with Crippen LogP contribution in [0.1, 0.15) is 6.42 Å². The van der Waals surface area contributed by atoms with Crippen LogP contribution in [0.4, 0.5) is 5.69 Å². The smallest absolute Gasteiger partial charge is 0.258 e. The van der Waals surface area contributed by atoms with Gasteiger partial charge in [-0.2, -0.15) is 0 Å². The molecule has 0 spiro atoms. The third kappa shape index (κ3) is 3.18. The monoisotopic (exact) mass is 223 g/mol. The standard InChI is InChI=1S/C10H9NO3S/c1-2-3-8-15(14)10-6-4-9(5-7-10)11(12)13/h1,4-7H,3,8H2. The van der Waals surface area contributed by atoms with E-state index in [0.717, 1.165) is 0 Å². The molecule has 78 valence electrons. The van der Waals surface area contributed by atoms with Crippen molar-refractivity contribution in [1.29, 1.82) is 0 Å². The van der Waals surface area contributed by atoms with Crippen LogP contribution in [0.25, 0.3) is 0 Å². The Bertz CT molecular complexity index is 419.